The molecule has 0 aliphatic rings. The maximum atomic E-state index is 10.6. The van der Waals surface area contributed by atoms with Crippen LogP contribution in [0.5, 0.6) is 11.5 Å². The Balaban J connectivity index is 2.58. The normalized spacial score (nSPS) is 12.3. The van der Waals surface area contributed by atoms with Gasteiger partial charge in [0.05, 0.1) is 19.8 Å². The lowest BCUT2D eigenvalue weighted by Crippen LogP contribution is -2.10. The van der Waals surface area contributed by atoms with Gasteiger partial charge in [-0.25, -0.2) is 4.68 Å². The fraction of sp³-hybridized carbons (Fsp3) is 0.333. The van der Waals surface area contributed by atoms with Gasteiger partial charge in [0.1, 0.15) is 23.3 Å². The predicted molar refractivity (Wildman–Crippen MR) is 72.3 cm³/mol. The van der Waals surface area contributed by atoms with E-state index in [4.69, 9.17) is 9.47 Å². The fourth-order valence-corrected chi connectivity index (χ4v) is 2.46. The largest absolute Gasteiger partial charge is 0.496 e. The molecular weight excluding hydrogens is 314 g/mol. The van der Waals surface area contributed by atoms with E-state index in [0.717, 1.165) is 0 Å². The number of aliphatic hydroxyl groups is 1. The number of hydrogen-bond donors (Lipinski definition) is 1. The van der Waals surface area contributed by atoms with E-state index >= 15 is 0 Å². The fourth-order valence-electron chi connectivity index (χ4n) is 1.92. The van der Waals surface area contributed by atoms with Crippen molar-refractivity contribution in [2.75, 3.05) is 14.2 Å². The summed E-state index contributed by atoms with van der Waals surface area (Å²) in [6.07, 6.45) is -0.958. The number of aryl methyl sites for hydroxylation is 1. The molecule has 19 heavy (non-hydrogen) atoms. The third-order valence-corrected chi connectivity index (χ3v) is 3.39. The number of aromatic nitrogens is 3. The number of rotatable bonds is 4. The van der Waals surface area contributed by atoms with Crippen LogP contribution in [0.25, 0.3) is 0 Å². The Kier molecular flexibility index (Phi) is 4.06. The van der Waals surface area contributed by atoms with Gasteiger partial charge in [0.2, 0.25) is 0 Å². The molecule has 6 nitrogen and oxygen atoms in total. The van der Waals surface area contributed by atoms with Crippen molar-refractivity contribution in [2.45, 2.75) is 6.10 Å². The molecule has 2 aromatic rings. The zero-order chi connectivity index (χ0) is 14.0. The van der Waals surface area contributed by atoms with Gasteiger partial charge in [-0.05, 0) is 28.1 Å². The van der Waals surface area contributed by atoms with Crippen LogP contribution in [-0.2, 0) is 7.05 Å². The molecule has 1 atom stereocenters. The highest BCUT2D eigenvalue weighted by atomic mass is 79.9. The van der Waals surface area contributed by atoms with Crippen LogP contribution < -0.4 is 9.47 Å². The van der Waals surface area contributed by atoms with Crippen molar-refractivity contribution in [2.24, 2.45) is 7.05 Å². The lowest BCUT2D eigenvalue weighted by atomic mass is 10.0. The van der Waals surface area contributed by atoms with Crippen LogP contribution in [0, 0.1) is 0 Å². The number of benzene rings is 1. The van der Waals surface area contributed by atoms with Crippen LogP contribution in [0.15, 0.2) is 22.8 Å². The first-order valence-corrected chi connectivity index (χ1v) is 6.33. The zero-order valence-electron chi connectivity index (χ0n) is 10.8. The summed E-state index contributed by atoms with van der Waals surface area (Å²) < 4.78 is 12.5. The van der Waals surface area contributed by atoms with Gasteiger partial charge in [0, 0.05) is 7.05 Å². The second-order valence-corrected chi connectivity index (χ2v) is 4.62. The molecule has 1 aromatic carbocycles. The molecule has 1 N–H and O–H groups in total. The minimum Gasteiger partial charge on any atom is -0.496 e. The Morgan fingerprint density at radius 1 is 1.26 bits per heavy atom. The van der Waals surface area contributed by atoms with Crippen LogP contribution in [0.1, 0.15) is 17.4 Å². The average molecular weight is 328 g/mol. The molecule has 0 spiro atoms. The van der Waals surface area contributed by atoms with E-state index in [2.05, 4.69) is 26.2 Å². The molecule has 0 radical (unpaired) electrons. The molecule has 2 rings (SSSR count). The SMILES string of the molecule is COc1cccc(OC)c1C(O)c1c(Br)nnn1C. The quantitative estimate of drug-likeness (QED) is 0.925. The van der Waals surface area contributed by atoms with Crippen molar-refractivity contribution in [3.05, 3.63) is 34.1 Å². The molecule has 102 valence electrons. The van der Waals surface area contributed by atoms with E-state index in [-0.39, 0.29) is 0 Å². The van der Waals surface area contributed by atoms with Crippen molar-refractivity contribution in [3.8, 4) is 11.5 Å². The summed E-state index contributed by atoms with van der Waals surface area (Å²) in [6.45, 7) is 0. The first-order chi connectivity index (χ1) is 9.10. The number of ether oxygens (including phenoxy) is 2. The maximum absolute atomic E-state index is 10.6. The first-order valence-electron chi connectivity index (χ1n) is 5.54. The molecular formula is C12H14BrN3O3. The number of halogens is 1. The molecule has 0 saturated carbocycles. The second-order valence-electron chi connectivity index (χ2n) is 3.87. The van der Waals surface area contributed by atoms with Crippen LogP contribution in [0.3, 0.4) is 0 Å². The predicted octanol–water partition coefficient (Wildman–Crippen LogP) is 1.68. The van der Waals surface area contributed by atoms with Gasteiger partial charge in [0.25, 0.3) is 0 Å². The summed E-state index contributed by atoms with van der Waals surface area (Å²) >= 11 is 3.27. The number of hydrogen-bond acceptors (Lipinski definition) is 5. The monoisotopic (exact) mass is 327 g/mol. The van der Waals surface area contributed by atoms with Crippen LogP contribution >= 0.6 is 15.9 Å². The van der Waals surface area contributed by atoms with E-state index in [1.165, 1.54) is 4.68 Å². The van der Waals surface area contributed by atoms with Crippen LogP contribution in [0.2, 0.25) is 0 Å². The van der Waals surface area contributed by atoms with Gasteiger partial charge in [-0.3, -0.25) is 0 Å². The van der Waals surface area contributed by atoms with E-state index in [0.29, 0.717) is 27.4 Å². The van der Waals surface area contributed by atoms with Crippen molar-refractivity contribution >= 4 is 15.9 Å². The Morgan fingerprint density at radius 3 is 2.26 bits per heavy atom. The van der Waals surface area contributed by atoms with Gasteiger partial charge < -0.3 is 14.6 Å². The first kappa shape index (κ1) is 13.8. The Hall–Kier alpha value is -1.60. The van der Waals surface area contributed by atoms with Gasteiger partial charge in [-0.15, -0.1) is 5.10 Å². The highest BCUT2D eigenvalue weighted by Gasteiger charge is 2.25. The van der Waals surface area contributed by atoms with Gasteiger partial charge >= 0.3 is 0 Å². The summed E-state index contributed by atoms with van der Waals surface area (Å²) in [6, 6.07) is 5.32. The number of methoxy groups -OCH3 is 2. The van der Waals surface area contributed by atoms with Gasteiger partial charge in [-0.2, -0.15) is 0 Å². The summed E-state index contributed by atoms with van der Waals surface area (Å²) in [4.78, 5) is 0. The maximum Gasteiger partial charge on any atom is 0.154 e. The molecule has 0 bridgehead atoms. The Morgan fingerprint density at radius 2 is 1.84 bits per heavy atom. The smallest absolute Gasteiger partial charge is 0.154 e. The number of aliphatic hydroxyl groups excluding tert-OH is 1. The molecule has 1 unspecified atom stereocenters. The van der Waals surface area contributed by atoms with E-state index in [1.54, 1.807) is 39.5 Å². The van der Waals surface area contributed by atoms with Crippen molar-refractivity contribution < 1.29 is 14.6 Å². The van der Waals surface area contributed by atoms with Crippen molar-refractivity contribution in [1.29, 1.82) is 0 Å². The molecule has 0 saturated heterocycles. The molecule has 1 heterocycles. The van der Waals surface area contributed by atoms with Crippen LogP contribution in [0.4, 0.5) is 0 Å². The van der Waals surface area contributed by atoms with Gasteiger partial charge in [-0.1, -0.05) is 11.3 Å². The zero-order valence-corrected chi connectivity index (χ0v) is 12.4. The third kappa shape index (κ3) is 2.43. The minimum atomic E-state index is -0.958. The molecule has 0 aliphatic carbocycles. The molecule has 0 aliphatic heterocycles. The number of nitrogens with zero attached hydrogens (tertiary/aromatic N) is 3. The molecule has 0 fully saturated rings. The summed E-state index contributed by atoms with van der Waals surface area (Å²) in [7, 11) is 4.79. The molecule has 1 aromatic heterocycles. The van der Waals surface area contributed by atoms with Crippen molar-refractivity contribution in [3.63, 3.8) is 0 Å². The standard InChI is InChI=1S/C12H14BrN3O3/c1-16-10(12(13)14-15-16)11(17)9-7(18-2)5-4-6-8(9)19-3/h4-6,11,17H,1-3H3. The summed E-state index contributed by atoms with van der Waals surface area (Å²) in [5, 5.41) is 18.3. The minimum absolute atomic E-state index is 0.482. The summed E-state index contributed by atoms with van der Waals surface area (Å²) in [5.74, 6) is 1.08. The summed E-state index contributed by atoms with van der Waals surface area (Å²) in [5.41, 5.74) is 1.07. The molecule has 7 heteroatoms. The Bertz CT molecular complexity index is 544. The lowest BCUT2D eigenvalue weighted by Gasteiger charge is -2.18. The molecule has 0 amide bonds. The highest BCUT2D eigenvalue weighted by Crippen LogP contribution is 2.38. The Labute approximate surface area is 119 Å². The second kappa shape index (κ2) is 5.58. The van der Waals surface area contributed by atoms with E-state index in [9.17, 15) is 5.11 Å². The van der Waals surface area contributed by atoms with Crippen LogP contribution in [-0.4, -0.2) is 34.3 Å². The van der Waals surface area contributed by atoms with E-state index < -0.39 is 6.10 Å². The topological polar surface area (TPSA) is 69.4 Å². The third-order valence-electron chi connectivity index (χ3n) is 2.83. The van der Waals surface area contributed by atoms with Gasteiger partial charge in [0.15, 0.2) is 4.60 Å². The lowest BCUT2D eigenvalue weighted by molar-refractivity contribution is 0.198. The highest BCUT2D eigenvalue weighted by molar-refractivity contribution is 9.10. The average Bonchev–Trinajstić information content (AvgIpc) is 2.76. The van der Waals surface area contributed by atoms with Crippen molar-refractivity contribution in [1.82, 2.24) is 15.0 Å². The van der Waals surface area contributed by atoms with E-state index in [1.807, 2.05) is 0 Å².